The minimum absolute atomic E-state index is 0.308. The molecule has 1 aromatic carbocycles. The molecule has 7 heteroatoms. The molecule has 0 saturated carbocycles. The van der Waals surface area contributed by atoms with E-state index in [0.717, 1.165) is 0 Å². The summed E-state index contributed by atoms with van der Waals surface area (Å²) in [5.74, 6) is 6.26. The lowest BCUT2D eigenvalue weighted by atomic mass is 10.2. The number of hydrogen-bond donors (Lipinski definition) is 3. The zero-order valence-electron chi connectivity index (χ0n) is 10.9. The van der Waals surface area contributed by atoms with Gasteiger partial charge in [-0.15, -0.1) is 0 Å². The van der Waals surface area contributed by atoms with Gasteiger partial charge in [-0.3, -0.25) is 10.2 Å². The number of carbonyl (C=O) groups is 1. The number of ether oxygens (including phenoxy) is 3. The summed E-state index contributed by atoms with van der Waals surface area (Å²) < 4.78 is 15.8. The summed E-state index contributed by atoms with van der Waals surface area (Å²) in [5.41, 5.74) is 2.98. The molecule has 19 heavy (non-hydrogen) atoms. The molecule has 0 aliphatic carbocycles. The molecule has 0 fully saturated rings. The summed E-state index contributed by atoms with van der Waals surface area (Å²) in [5, 5.41) is 0.707. The topological polar surface area (TPSA) is 98.6 Å². The van der Waals surface area contributed by atoms with Gasteiger partial charge in [-0.05, 0) is 6.07 Å². The third-order valence-corrected chi connectivity index (χ3v) is 2.82. The molecule has 2 rings (SSSR count). The average molecular weight is 265 g/mol. The largest absolute Gasteiger partial charge is 0.496 e. The van der Waals surface area contributed by atoms with E-state index in [1.54, 1.807) is 12.1 Å². The number of carbonyl (C=O) groups excluding carboxylic acids is 1. The number of methoxy groups -OCH3 is 3. The van der Waals surface area contributed by atoms with Crippen molar-refractivity contribution in [2.75, 3.05) is 21.3 Å². The van der Waals surface area contributed by atoms with Gasteiger partial charge in [0.05, 0.1) is 26.8 Å². The summed E-state index contributed by atoms with van der Waals surface area (Å²) in [6, 6.07) is 3.33. The van der Waals surface area contributed by atoms with Crippen LogP contribution < -0.4 is 25.5 Å². The Hall–Kier alpha value is -2.41. The van der Waals surface area contributed by atoms with Crippen LogP contribution in [0.1, 0.15) is 10.5 Å². The second-order valence-corrected chi connectivity index (χ2v) is 3.76. The first-order valence-corrected chi connectivity index (χ1v) is 5.48. The van der Waals surface area contributed by atoms with E-state index in [0.29, 0.717) is 33.8 Å². The van der Waals surface area contributed by atoms with Crippen LogP contribution in [-0.2, 0) is 0 Å². The maximum atomic E-state index is 11.6. The summed E-state index contributed by atoms with van der Waals surface area (Å²) in [6.45, 7) is 0. The Labute approximate surface area is 109 Å². The van der Waals surface area contributed by atoms with Gasteiger partial charge in [-0.1, -0.05) is 0 Å². The summed E-state index contributed by atoms with van der Waals surface area (Å²) >= 11 is 0. The summed E-state index contributed by atoms with van der Waals surface area (Å²) in [4.78, 5) is 14.5. The molecule has 0 saturated heterocycles. The van der Waals surface area contributed by atoms with Crippen LogP contribution in [0.3, 0.4) is 0 Å². The fraction of sp³-hybridized carbons (Fsp3) is 0.250. The average Bonchev–Trinajstić information content (AvgIpc) is 2.89. The number of aromatic amines is 1. The van der Waals surface area contributed by atoms with Gasteiger partial charge in [-0.2, -0.15) is 0 Å². The normalized spacial score (nSPS) is 10.3. The zero-order valence-corrected chi connectivity index (χ0v) is 10.9. The van der Waals surface area contributed by atoms with E-state index < -0.39 is 5.91 Å². The molecule has 2 aromatic rings. The number of nitrogens with one attached hydrogen (secondary N) is 2. The monoisotopic (exact) mass is 265 g/mol. The predicted octanol–water partition coefficient (Wildman–Crippen LogP) is 0.797. The lowest BCUT2D eigenvalue weighted by Crippen LogP contribution is -2.30. The van der Waals surface area contributed by atoms with Crippen molar-refractivity contribution >= 4 is 16.8 Å². The van der Waals surface area contributed by atoms with Crippen LogP contribution in [0.4, 0.5) is 0 Å². The first-order valence-electron chi connectivity index (χ1n) is 5.48. The van der Waals surface area contributed by atoms with Crippen LogP contribution in [0.25, 0.3) is 10.9 Å². The Bertz CT molecular complexity index is 621. The Morgan fingerprint density at radius 1 is 1.16 bits per heavy atom. The third-order valence-electron chi connectivity index (χ3n) is 2.82. The van der Waals surface area contributed by atoms with Gasteiger partial charge in [-0.25, -0.2) is 5.84 Å². The molecule has 102 valence electrons. The lowest BCUT2D eigenvalue weighted by Gasteiger charge is -2.11. The smallest absolute Gasteiger partial charge is 0.281 e. The maximum absolute atomic E-state index is 11.6. The van der Waals surface area contributed by atoms with E-state index in [1.807, 2.05) is 0 Å². The molecule has 4 N–H and O–H groups in total. The molecule has 1 aromatic heterocycles. The van der Waals surface area contributed by atoms with Crippen molar-refractivity contribution in [1.82, 2.24) is 10.4 Å². The second kappa shape index (κ2) is 5.07. The molecular weight excluding hydrogens is 250 g/mol. The molecular formula is C12H15N3O4. The maximum Gasteiger partial charge on any atom is 0.281 e. The number of H-pyrrole nitrogens is 1. The van der Waals surface area contributed by atoms with E-state index in [9.17, 15) is 4.79 Å². The lowest BCUT2D eigenvalue weighted by molar-refractivity contribution is 0.0949. The van der Waals surface area contributed by atoms with Crippen molar-refractivity contribution in [3.05, 3.63) is 17.8 Å². The van der Waals surface area contributed by atoms with Crippen LogP contribution in [0.2, 0.25) is 0 Å². The summed E-state index contributed by atoms with van der Waals surface area (Å²) in [7, 11) is 4.59. The number of fused-ring (bicyclic) bond motifs is 1. The molecule has 0 radical (unpaired) electrons. The molecule has 1 amide bonds. The molecule has 0 spiro atoms. The molecule has 0 aliphatic rings. The van der Waals surface area contributed by atoms with E-state index in [2.05, 4.69) is 10.4 Å². The Kier molecular flexibility index (Phi) is 3.48. The van der Waals surface area contributed by atoms with E-state index in [4.69, 9.17) is 20.1 Å². The van der Waals surface area contributed by atoms with E-state index in [-0.39, 0.29) is 0 Å². The van der Waals surface area contributed by atoms with Gasteiger partial charge in [0.2, 0.25) is 0 Å². The van der Waals surface area contributed by atoms with Gasteiger partial charge in [0.1, 0.15) is 11.4 Å². The number of nitrogen functional groups attached to an aromatic ring is 1. The Morgan fingerprint density at radius 3 is 2.37 bits per heavy atom. The highest BCUT2D eigenvalue weighted by molar-refractivity contribution is 6.02. The number of amides is 1. The Morgan fingerprint density at radius 2 is 1.84 bits per heavy atom. The fourth-order valence-electron chi connectivity index (χ4n) is 1.94. The van der Waals surface area contributed by atoms with Crippen LogP contribution in [0, 0.1) is 0 Å². The van der Waals surface area contributed by atoms with Crippen LogP contribution in [-0.4, -0.2) is 32.2 Å². The van der Waals surface area contributed by atoms with Gasteiger partial charge >= 0.3 is 0 Å². The van der Waals surface area contributed by atoms with Crippen LogP contribution >= 0.6 is 0 Å². The molecule has 0 unspecified atom stereocenters. The minimum atomic E-state index is -0.431. The number of hydrazine groups is 1. The second-order valence-electron chi connectivity index (χ2n) is 3.76. The van der Waals surface area contributed by atoms with Gasteiger partial charge in [0, 0.05) is 11.5 Å². The number of benzene rings is 1. The van der Waals surface area contributed by atoms with Crippen molar-refractivity contribution in [1.29, 1.82) is 0 Å². The number of rotatable bonds is 4. The van der Waals surface area contributed by atoms with Crippen molar-refractivity contribution in [2.24, 2.45) is 5.84 Å². The standard InChI is InChI=1S/C12H15N3O4/c1-17-8-5-9(18-2)11(19-3)10-6(8)4-7(14-10)12(16)15-13/h4-5,14H,13H2,1-3H3,(H,15,16). The number of hydrogen-bond acceptors (Lipinski definition) is 5. The highest BCUT2D eigenvalue weighted by atomic mass is 16.5. The third kappa shape index (κ3) is 2.04. The summed E-state index contributed by atoms with van der Waals surface area (Å²) in [6.07, 6.45) is 0. The quantitative estimate of drug-likeness (QED) is 0.431. The van der Waals surface area contributed by atoms with Crippen molar-refractivity contribution in [2.45, 2.75) is 0 Å². The first-order chi connectivity index (χ1) is 9.15. The highest BCUT2D eigenvalue weighted by Gasteiger charge is 2.18. The number of aromatic nitrogens is 1. The molecule has 0 aliphatic heterocycles. The van der Waals surface area contributed by atoms with Gasteiger partial charge < -0.3 is 19.2 Å². The van der Waals surface area contributed by atoms with Gasteiger partial charge in [0.25, 0.3) is 5.91 Å². The van der Waals surface area contributed by atoms with Crippen LogP contribution in [0.5, 0.6) is 17.2 Å². The fourth-order valence-corrected chi connectivity index (χ4v) is 1.94. The van der Waals surface area contributed by atoms with Gasteiger partial charge in [0.15, 0.2) is 11.5 Å². The highest BCUT2D eigenvalue weighted by Crippen LogP contribution is 2.41. The Balaban J connectivity index is 2.76. The zero-order chi connectivity index (χ0) is 14.0. The minimum Gasteiger partial charge on any atom is -0.496 e. The van der Waals surface area contributed by atoms with Crippen LogP contribution in [0.15, 0.2) is 12.1 Å². The SMILES string of the molecule is COc1cc(OC)c2cc(C(=O)NN)[nH]c2c1OC. The van der Waals surface area contributed by atoms with Crippen molar-refractivity contribution in [3.8, 4) is 17.2 Å². The van der Waals surface area contributed by atoms with E-state index in [1.165, 1.54) is 21.3 Å². The predicted molar refractivity (Wildman–Crippen MR) is 69.6 cm³/mol. The molecule has 0 atom stereocenters. The first kappa shape index (κ1) is 13.0. The molecule has 1 heterocycles. The molecule has 7 nitrogen and oxygen atoms in total. The number of nitrogens with two attached hydrogens (primary N) is 1. The molecule has 0 bridgehead atoms. The van der Waals surface area contributed by atoms with Crippen molar-refractivity contribution in [3.63, 3.8) is 0 Å². The van der Waals surface area contributed by atoms with E-state index >= 15 is 0 Å². The van der Waals surface area contributed by atoms with Crippen molar-refractivity contribution < 1.29 is 19.0 Å².